The Hall–Kier alpha value is -5.06. The first kappa shape index (κ1) is 21.8. The van der Waals surface area contributed by atoms with Crippen LogP contribution in [-0.4, -0.2) is 9.97 Å². The van der Waals surface area contributed by atoms with Crippen LogP contribution in [0.4, 0.5) is 17.2 Å². The molecule has 186 valence electrons. The van der Waals surface area contributed by atoms with Crippen molar-refractivity contribution >= 4 is 70.5 Å². The molecule has 4 heteroatoms. The van der Waals surface area contributed by atoms with Gasteiger partial charge in [0, 0.05) is 36.7 Å². The third-order valence-corrected chi connectivity index (χ3v) is 9.11. The Labute approximate surface area is 234 Å². The number of aromatic nitrogens is 2. The Morgan fingerprint density at radius 1 is 0.525 bits per heavy atom. The summed E-state index contributed by atoms with van der Waals surface area (Å²) in [6.07, 6.45) is 0. The van der Waals surface area contributed by atoms with Gasteiger partial charge in [-0.3, -0.25) is 4.90 Å². The molecule has 3 nitrogen and oxygen atoms in total. The second-order valence-electron chi connectivity index (χ2n) is 10.2. The molecule has 0 bridgehead atoms. The molecule has 0 saturated heterocycles. The van der Waals surface area contributed by atoms with Gasteiger partial charge < -0.3 is 0 Å². The lowest BCUT2D eigenvalue weighted by molar-refractivity contribution is 1.18. The Balaban J connectivity index is 1.38. The molecule has 0 atom stereocenters. The highest BCUT2D eigenvalue weighted by Gasteiger charge is 2.29. The van der Waals surface area contributed by atoms with Gasteiger partial charge in [-0.15, -0.1) is 11.3 Å². The molecule has 6 aromatic carbocycles. The number of nitrogens with zero attached hydrogens (tertiary/aromatic N) is 3. The van der Waals surface area contributed by atoms with Crippen molar-refractivity contribution in [3.05, 3.63) is 127 Å². The quantitative estimate of drug-likeness (QED) is 0.224. The van der Waals surface area contributed by atoms with Gasteiger partial charge in [0.25, 0.3) is 0 Å². The van der Waals surface area contributed by atoms with Crippen LogP contribution in [0, 0.1) is 0 Å². The number of rotatable bonds is 2. The van der Waals surface area contributed by atoms with Crippen LogP contribution < -0.4 is 4.90 Å². The first-order valence-electron chi connectivity index (χ1n) is 13.4. The fraction of sp³-hybridized carbons (Fsp3) is 0. The fourth-order valence-corrected chi connectivity index (χ4v) is 7.35. The zero-order valence-electron chi connectivity index (χ0n) is 21.4. The number of benzene rings is 6. The summed E-state index contributed by atoms with van der Waals surface area (Å²) < 4.78 is 2.55. The summed E-state index contributed by atoms with van der Waals surface area (Å²) in [6, 6.07) is 45.3. The van der Waals surface area contributed by atoms with E-state index in [1.165, 1.54) is 42.1 Å². The third-order valence-electron chi connectivity index (χ3n) is 7.97. The van der Waals surface area contributed by atoms with Crippen LogP contribution in [0.3, 0.4) is 0 Å². The second kappa shape index (κ2) is 8.22. The van der Waals surface area contributed by atoms with E-state index in [9.17, 15) is 0 Å². The molecule has 0 N–H and O–H groups in total. The first-order chi connectivity index (χ1) is 19.8. The van der Waals surface area contributed by atoms with Crippen molar-refractivity contribution in [1.29, 1.82) is 0 Å². The molecule has 2 aromatic heterocycles. The molecular weight excluding hydrogens is 506 g/mol. The molecule has 0 aliphatic carbocycles. The largest absolute Gasteiger partial charge is 0.292 e. The molecular formula is C36H21N3S. The van der Waals surface area contributed by atoms with Crippen LogP contribution in [0.2, 0.25) is 0 Å². The molecule has 0 spiro atoms. The number of anilines is 3. The van der Waals surface area contributed by atoms with E-state index in [4.69, 9.17) is 9.97 Å². The Kier molecular flexibility index (Phi) is 4.48. The van der Waals surface area contributed by atoms with Crippen molar-refractivity contribution in [2.75, 3.05) is 4.90 Å². The molecule has 9 rings (SSSR count). The Bertz CT molecular complexity index is 2290. The molecule has 0 saturated carbocycles. The van der Waals surface area contributed by atoms with E-state index in [1.807, 2.05) is 29.5 Å². The molecule has 0 amide bonds. The normalized spacial score (nSPS) is 12.4. The Morgan fingerprint density at radius 2 is 1.23 bits per heavy atom. The van der Waals surface area contributed by atoms with E-state index >= 15 is 0 Å². The third kappa shape index (κ3) is 3.05. The molecule has 0 unspecified atom stereocenters. The zero-order chi connectivity index (χ0) is 26.2. The van der Waals surface area contributed by atoms with Crippen molar-refractivity contribution in [3.8, 4) is 22.4 Å². The fourth-order valence-electron chi connectivity index (χ4n) is 6.20. The van der Waals surface area contributed by atoms with Crippen molar-refractivity contribution < 1.29 is 0 Å². The topological polar surface area (TPSA) is 29.0 Å². The highest BCUT2D eigenvalue weighted by molar-refractivity contribution is 7.25. The predicted octanol–water partition coefficient (Wildman–Crippen LogP) is 10.3. The first-order valence-corrected chi connectivity index (χ1v) is 14.2. The van der Waals surface area contributed by atoms with Crippen molar-refractivity contribution in [3.63, 3.8) is 0 Å². The molecule has 8 aromatic rings. The molecule has 0 fully saturated rings. The average molecular weight is 528 g/mol. The van der Waals surface area contributed by atoms with Crippen LogP contribution in [0.1, 0.15) is 0 Å². The van der Waals surface area contributed by atoms with Gasteiger partial charge >= 0.3 is 0 Å². The molecule has 1 aliphatic heterocycles. The van der Waals surface area contributed by atoms with Gasteiger partial charge in [0.05, 0.1) is 22.4 Å². The van der Waals surface area contributed by atoms with E-state index in [2.05, 4.69) is 114 Å². The SMILES string of the molecule is c1ccc2c(c1)-c1cccc3cccc(c13)N2c1nc2ccccc2nc1-c1ccc2c(c1)sc1ccccc12. The van der Waals surface area contributed by atoms with Gasteiger partial charge in [0.1, 0.15) is 5.69 Å². The summed E-state index contributed by atoms with van der Waals surface area (Å²) in [5.41, 5.74) is 8.41. The van der Waals surface area contributed by atoms with Crippen LogP contribution in [0.25, 0.3) is 64.4 Å². The maximum absolute atomic E-state index is 5.32. The zero-order valence-corrected chi connectivity index (χ0v) is 22.2. The maximum atomic E-state index is 5.32. The summed E-state index contributed by atoms with van der Waals surface area (Å²) in [5, 5.41) is 5.04. The smallest absolute Gasteiger partial charge is 0.165 e. The summed E-state index contributed by atoms with van der Waals surface area (Å²) >= 11 is 1.83. The van der Waals surface area contributed by atoms with Crippen molar-refractivity contribution in [2.45, 2.75) is 0 Å². The highest BCUT2D eigenvalue weighted by Crippen LogP contribution is 2.52. The van der Waals surface area contributed by atoms with Crippen molar-refractivity contribution in [1.82, 2.24) is 9.97 Å². The van der Waals surface area contributed by atoms with Gasteiger partial charge in [-0.2, -0.15) is 0 Å². The van der Waals surface area contributed by atoms with Gasteiger partial charge in [0.2, 0.25) is 0 Å². The number of hydrogen-bond acceptors (Lipinski definition) is 4. The number of para-hydroxylation sites is 3. The van der Waals surface area contributed by atoms with Gasteiger partial charge in [-0.25, -0.2) is 9.97 Å². The van der Waals surface area contributed by atoms with E-state index < -0.39 is 0 Å². The highest BCUT2D eigenvalue weighted by atomic mass is 32.1. The van der Waals surface area contributed by atoms with Gasteiger partial charge in [-0.05, 0) is 47.3 Å². The molecule has 40 heavy (non-hydrogen) atoms. The summed E-state index contributed by atoms with van der Waals surface area (Å²) in [4.78, 5) is 12.9. The predicted molar refractivity (Wildman–Crippen MR) is 169 cm³/mol. The second-order valence-corrected chi connectivity index (χ2v) is 11.3. The number of thiophene rings is 1. The van der Waals surface area contributed by atoms with Crippen LogP contribution in [0.15, 0.2) is 127 Å². The number of hydrogen-bond donors (Lipinski definition) is 0. The molecule has 3 heterocycles. The van der Waals surface area contributed by atoms with Crippen LogP contribution in [-0.2, 0) is 0 Å². The summed E-state index contributed by atoms with van der Waals surface area (Å²) in [7, 11) is 0. The lowest BCUT2D eigenvalue weighted by Gasteiger charge is -2.33. The van der Waals surface area contributed by atoms with Gasteiger partial charge in [-0.1, -0.05) is 91.0 Å². The summed E-state index contributed by atoms with van der Waals surface area (Å²) in [5.74, 6) is 0.841. The number of fused-ring (bicyclic) bond motifs is 6. The minimum absolute atomic E-state index is 0.841. The molecule has 0 radical (unpaired) electrons. The van der Waals surface area contributed by atoms with Crippen molar-refractivity contribution in [2.24, 2.45) is 0 Å². The lowest BCUT2D eigenvalue weighted by Crippen LogP contribution is -2.17. The standard InChI is InChI=1S/C36H21N3S/c1-5-16-30-24(11-1)27-13-7-9-22-10-8-17-31(34(22)27)39(30)36-35(37-28-14-3-4-15-29(28)38-36)23-19-20-26-25-12-2-6-18-32(25)40-33(26)21-23/h1-21H. The summed E-state index contributed by atoms with van der Waals surface area (Å²) in [6.45, 7) is 0. The van der Waals surface area contributed by atoms with E-state index in [-0.39, 0.29) is 0 Å². The monoisotopic (exact) mass is 527 g/mol. The molecule has 1 aliphatic rings. The van der Waals surface area contributed by atoms with Crippen LogP contribution >= 0.6 is 11.3 Å². The lowest BCUT2D eigenvalue weighted by atomic mass is 9.91. The van der Waals surface area contributed by atoms with E-state index in [1.54, 1.807) is 0 Å². The minimum Gasteiger partial charge on any atom is -0.292 e. The van der Waals surface area contributed by atoms with Gasteiger partial charge in [0.15, 0.2) is 5.82 Å². The maximum Gasteiger partial charge on any atom is 0.165 e. The van der Waals surface area contributed by atoms with E-state index in [0.717, 1.165) is 39.5 Å². The van der Waals surface area contributed by atoms with Crippen LogP contribution in [0.5, 0.6) is 0 Å². The minimum atomic E-state index is 0.841. The van der Waals surface area contributed by atoms with E-state index in [0.29, 0.717) is 0 Å². The Morgan fingerprint density at radius 3 is 2.15 bits per heavy atom. The average Bonchev–Trinajstić information content (AvgIpc) is 3.39.